The monoisotopic (exact) mass is 403 g/mol. The lowest BCUT2D eigenvalue weighted by molar-refractivity contribution is -0.114. The molecule has 0 unspecified atom stereocenters. The van der Waals surface area contributed by atoms with Gasteiger partial charge in [0.1, 0.15) is 0 Å². The average Bonchev–Trinajstić information content (AvgIpc) is 3.00. The molecule has 1 fully saturated rings. The highest BCUT2D eigenvalue weighted by Crippen LogP contribution is 2.22. The molecule has 0 spiro atoms. The maximum atomic E-state index is 11.7. The fourth-order valence-corrected chi connectivity index (χ4v) is 4.51. The van der Waals surface area contributed by atoms with Crippen LogP contribution in [-0.4, -0.2) is 62.6 Å². The number of nitrogens with zero attached hydrogens (tertiary/aromatic N) is 4. The van der Waals surface area contributed by atoms with Crippen molar-refractivity contribution in [3.05, 3.63) is 40.2 Å². The number of nitrogens with one attached hydrogen (secondary N) is 1. The van der Waals surface area contributed by atoms with Gasteiger partial charge in [0.2, 0.25) is 5.91 Å². The number of carbonyl (C=O) groups excluding carboxylic acids is 1. The Kier molecular flexibility index (Phi) is 6.25. The van der Waals surface area contributed by atoms with Gasteiger partial charge in [0.25, 0.3) is 0 Å². The van der Waals surface area contributed by atoms with E-state index in [1.54, 1.807) is 6.20 Å². The Morgan fingerprint density at radius 2 is 2.00 bits per heavy atom. The second kappa shape index (κ2) is 8.66. The van der Waals surface area contributed by atoms with E-state index in [9.17, 15) is 14.7 Å². The summed E-state index contributed by atoms with van der Waals surface area (Å²) in [4.78, 5) is 36.3. The molecule has 0 aliphatic carbocycles. The van der Waals surface area contributed by atoms with E-state index in [0.717, 1.165) is 21.8 Å². The summed E-state index contributed by atoms with van der Waals surface area (Å²) in [6.07, 6.45) is 1.55. The van der Waals surface area contributed by atoms with Gasteiger partial charge < -0.3 is 15.3 Å². The van der Waals surface area contributed by atoms with E-state index < -0.39 is 6.09 Å². The first-order chi connectivity index (χ1) is 13.3. The van der Waals surface area contributed by atoms with Crippen molar-refractivity contribution < 1.29 is 14.7 Å². The van der Waals surface area contributed by atoms with Crippen molar-refractivity contribution in [3.63, 3.8) is 0 Å². The second-order valence-corrected chi connectivity index (χ2v) is 8.26. The third-order valence-corrected chi connectivity index (χ3v) is 5.54. The molecule has 1 aliphatic rings. The molecule has 3 rings (SSSR count). The largest absolute Gasteiger partial charge is 0.465 e. The van der Waals surface area contributed by atoms with Crippen LogP contribution >= 0.6 is 11.3 Å². The standard InChI is InChI=1S/C19H25N5O3S/c1-12-6-15(7-13(2)21-12)8-16-10-23(4-5-24(16)19(26)27)11-17-9-20-18(28-17)22-14(3)25/h6-7,9,16H,4-5,8,10-11H2,1-3H3,(H,26,27)(H,20,22,25)/t16-/m0/s1. The number of anilines is 1. The Balaban J connectivity index is 1.69. The van der Waals surface area contributed by atoms with Crippen LogP contribution in [0.4, 0.5) is 9.93 Å². The normalized spacial score (nSPS) is 17.5. The molecule has 9 heteroatoms. The van der Waals surface area contributed by atoms with Crippen LogP contribution in [0, 0.1) is 13.8 Å². The molecule has 3 heterocycles. The number of aromatic nitrogens is 2. The molecule has 1 atom stereocenters. The van der Waals surface area contributed by atoms with Crippen LogP contribution in [0.5, 0.6) is 0 Å². The number of hydrogen-bond acceptors (Lipinski definition) is 6. The molecule has 0 bridgehead atoms. The average molecular weight is 404 g/mol. The number of carboxylic acid groups (broad SMARTS) is 1. The lowest BCUT2D eigenvalue weighted by atomic mass is 10.0. The molecule has 2 aromatic heterocycles. The van der Waals surface area contributed by atoms with Crippen LogP contribution in [-0.2, 0) is 17.8 Å². The van der Waals surface area contributed by atoms with Gasteiger partial charge >= 0.3 is 6.09 Å². The van der Waals surface area contributed by atoms with Gasteiger partial charge in [-0.15, -0.1) is 11.3 Å². The summed E-state index contributed by atoms with van der Waals surface area (Å²) in [7, 11) is 0. The highest BCUT2D eigenvalue weighted by molar-refractivity contribution is 7.15. The molecule has 150 valence electrons. The van der Waals surface area contributed by atoms with Gasteiger partial charge in [-0.05, 0) is 38.0 Å². The van der Waals surface area contributed by atoms with E-state index in [0.29, 0.717) is 37.7 Å². The van der Waals surface area contributed by atoms with Crippen LogP contribution < -0.4 is 5.32 Å². The van der Waals surface area contributed by atoms with Gasteiger partial charge in [-0.25, -0.2) is 9.78 Å². The van der Waals surface area contributed by atoms with Crippen molar-refractivity contribution in [1.29, 1.82) is 0 Å². The van der Waals surface area contributed by atoms with E-state index in [2.05, 4.69) is 20.2 Å². The van der Waals surface area contributed by atoms with Crippen molar-refractivity contribution in [2.45, 2.75) is 39.8 Å². The van der Waals surface area contributed by atoms with Crippen molar-refractivity contribution in [2.24, 2.45) is 0 Å². The van der Waals surface area contributed by atoms with Crippen LogP contribution in [0.2, 0.25) is 0 Å². The first-order valence-corrected chi connectivity index (χ1v) is 10.00. The molecule has 0 saturated carbocycles. The Hall–Kier alpha value is -2.52. The Labute approximate surface area is 168 Å². The smallest absolute Gasteiger partial charge is 0.407 e. The number of aryl methyl sites for hydroxylation is 2. The summed E-state index contributed by atoms with van der Waals surface area (Å²) in [5, 5.41) is 12.9. The number of pyridine rings is 1. The minimum Gasteiger partial charge on any atom is -0.465 e. The number of piperazine rings is 1. The van der Waals surface area contributed by atoms with Crippen LogP contribution in [0.3, 0.4) is 0 Å². The van der Waals surface area contributed by atoms with E-state index in [4.69, 9.17) is 0 Å². The van der Waals surface area contributed by atoms with Crippen molar-refractivity contribution >= 4 is 28.5 Å². The Bertz CT molecular complexity index is 849. The molecular formula is C19H25N5O3S. The maximum Gasteiger partial charge on any atom is 0.407 e. The highest BCUT2D eigenvalue weighted by atomic mass is 32.1. The fraction of sp³-hybridized carbons (Fsp3) is 0.474. The van der Waals surface area contributed by atoms with Crippen LogP contribution in [0.15, 0.2) is 18.3 Å². The van der Waals surface area contributed by atoms with Gasteiger partial charge in [0.05, 0.1) is 6.04 Å². The summed E-state index contributed by atoms with van der Waals surface area (Å²) in [5.74, 6) is -0.140. The summed E-state index contributed by atoms with van der Waals surface area (Å²) in [6.45, 7) is 7.85. The van der Waals surface area contributed by atoms with Gasteiger partial charge in [0, 0.05) is 55.6 Å². The lowest BCUT2D eigenvalue weighted by Gasteiger charge is -2.40. The van der Waals surface area contributed by atoms with E-state index in [-0.39, 0.29) is 11.9 Å². The van der Waals surface area contributed by atoms with Gasteiger partial charge in [-0.2, -0.15) is 0 Å². The third kappa shape index (κ3) is 5.26. The Morgan fingerprint density at radius 3 is 2.64 bits per heavy atom. The first-order valence-electron chi connectivity index (χ1n) is 9.18. The molecule has 1 aliphatic heterocycles. The first kappa shape index (κ1) is 20.2. The SMILES string of the molecule is CC(=O)Nc1ncc(CN2CCN(C(=O)O)[C@@H](Cc3cc(C)nc(C)c3)C2)s1. The van der Waals surface area contributed by atoms with E-state index in [1.165, 1.54) is 23.2 Å². The van der Waals surface area contributed by atoms with Gasteiger partial charge in [0.15, 0.2) is 5.13 Å². The van der Waals surface area contributed by atoms with E-state index >= 15 is 0 Å². The molecule has 0 aromatic carbocycles. The number of carbonyl (C=O) groups is 2. The summed E-state index contributed by atoms with van der Waals surface area (Å²) in [6, 6.07) is 3.93. The van der Waals surface area contributed by atoms with Gasteiger partial charge in [-0.1, -0.05) is 0 Å². The zero-order valence-corrected chi connectivity index (χ0v) is 17.1. The maximum absolute atomic E-state index is 11.7. The van der Waals surface area contributed by atoms with E-state index in [1.807, 2.05) is 26.0 Å². The molecule has 0 radical (unpaired) electrons. The number of rotatable bonds is 5. The second-order valence-electron chi connectivity index (χ2n) is 7.14. The fourth-order valence-electron chi connectivity index (χ4n) is 3.61. The minimum absolute atomic E-state index is 0.116. The quantitative estimate of drug-likeness (QED) is 0.796. The molecule has 2 aromatic rings. The molecule has 8 nitrogen and oxygen atoms in total. The molecular weight excluding hydrogens is 378 g/mol. The van der Waals surface area contributed by atoms with Crippen LogP contribution in [0.25, 0.3) is 0 Å². The highest BCUT2D eigenvalue weighted by Gasteiger charge is 2.30. The zero-order chi connectivity index (χ0) is 20.3. The summed E-state index contributed by atoms with van der Waals surface area (Å²) >= 11 is 1.45. The summed E-state index contributed by atoms with van der Waals surface area (Å²) in [5.41, 5.74) is 2.99. The summed E-state index contributed by atoms with van der Waals surface area (Å²) < 4.78 is 0. The number of thiazole rings is 1. The topological polar surface area (TPSA) is 98.7 Å². The number of hydrogen-bond donors (Lipinski definition) is 2. The molecule has 2 N–H and O–H groups in total. The van der Waals surface area contributed by atoms with Crippen LogP contribution in [0.1, 0.15) is 28.8 Å². The molecule has 2 amide bonds. The lowest BCUT2D eigenvalue weighted by Crippen LogP contribution is -2.55. The van der Waals surface area contributed by atoms with Crippen molar-refractivity contribution in [2.75, 3.05) is 25.0 Å². The molecule has 1 saturated heterocycles. The number of amides is 2. The van der Waals surface area contributed by atoms with Gasteiger partial charge in [-0.3, -0.25) is 14.7 Å². The third-order valence-electron chi connectivity index (χ3n) is 4.64. The molecule has 28 heavy (non-hydrogen) atoms. The minimum atomic E-state index is -0.877. The predicted octanol–water partition coefficient (Wildman–Crippen LogP) is 2.52. The zero-order valence-electron chi connectivity index (χ0n) is 16.3. The predicted molar refractivity (Wildman–Crippen MR) is 108 cm³/mol. The Morgan fingerprint density at radius 1 is 1.29 bits per heavy atom. The van der Waals surface area contributed by atoms with Crippen molar-refractivity contribution in [1.82, 2.24) is 19.8 Å². The van der Waals surface area contributed by atoms with Crippen molar-refractivity contribution in [3.8, 4) is 0 Å².